The number of rotatable bonds is 8. The summed E-state index contributed by atoms with van der Waals surface area (Å²) in [4.78, 5) is 27.0. The average molecular weight is 444 g/mol. The maximum Gasteiger partial charge on any atom is 0.338 e. The second-order valence-electron chi connectivity index (χ2n) is 5.85. The molecule has 1 heterocycles. The molecular formula is C21H18BrNO5. The Morgan fingerprint density at radius 1 is 1.07 bits per heavy atom. The smallest absolute Gasteiger partial charge is 0.338 e. The molecule has 7 heteroatoms. The van der Waals surface area contributed by atoms with Crippen LogP contribution in [0.3, 0.4) is 0 Å². The number of methoxy groups -OCH3 is 1. The Kier molecular flexibility index (Phi) is 6.49. The van der Waals surface area contributed by atoms with E-state index in [4.69, 9.17) is 14.2 Å². The van der Waals surface area contributed by atoms with Gasteiger partial charge in [0.25, 0.3) is 0 Å². The number of nitrogens with one attached hydrogen (secondary N) is 1. The lowest BCUT2D eigenvalue weighted by atomic mass is 10.2. The Morgan fingerprint density at radius 2 is 1.86 bits per heavy atom. The van der Waals surface area contributed by atoms with Crippen LogP contribution in [0.15, 0.2) is 65.3 Å². The van der Waals surface area contributed by atoms with E-state index < -0.39 is 5.97 Å². The number of carbonyl (C=O) groups is 2. The van der Waals surface area contributed by atoms with Crippen LogP contribution in [0.25, 0.3) is 0 Å². The summed E-state index contributed by atoms with van der Waals surface area (Å²) in [6, 6.07) is 16.1. The first-order valence-electron chi connectivity index (χ1n) is 8.46. The minimum atomic E-state index is -0.631. The van der Waals surface area contributed by atoms with Gasteiger partial charge in [-0.15, -0.1) is 0 Å². The molecule has 1 aromatic heterocycles. The highest BCUT2D eigenvalue weighted by Crippen LogP contribution is 2.37. The van der Waals surface area contributed by atoms with Gasteiger partial charge in [-0.3, -0.25) is 4.79 Å². The lowest BCUT2D eigenvalue weighted by Gasteiger charge is -2.14. The molecule has 0 radical (unpaired) electrons. The van der Waals surface area contributed by atoms with Gasteiger partial charge in [0.2, 0.25) is 5.78 Å². The molecular weight excluding hydrogens is 426 g/mol. The Morgan fingerprint density at radius 3 is 2.54 bits per heavy atom. The van der Waals surface area contributed by atoms with Crippen molar-refractivity contribution >= 4 is 27.7 Å². The average Bonchev–Trinajstić information content (AvgIpc) is 3.26. The fourth-order valence-electron chi connectivity index (χ4n) is 2.50. The van der Waals surface area contributed by atoms with E-state index in [9.17, 15) is 9.59 Å². The van der Waals surface area contributed by atoms with Crippen LogP contribution in [0.5, 0.6) is 11.5 Å². The molecule has 0 aliphatic rings. The van der Waals surface area contributed by atoms with Gasteiger partial charge in [-0.25, -0.2) is 4.79 Å². The molecule has 6 nitrogen and oxygen atoms in total. The maximum absolute atomic E-state index is 12.3. The quantitative estimate of drug-likeness (QED) is 0.412. The zero-order valence-corrected chi connectivity index (χ0v) is 16.7. The van der Waals surface area contributed by atoms with Gasteiger partial charge in [-0.2, -0.15) is 0 Å². The van der Waals surface area contributed by atoms with Crippen LogP contribution in [0.2, 0.25) is 0 Å². The molecule has 3 aromatic rings. The van der Waals surface area contributed by atoms with E-state index in [1.165, 1.54) is 13.2 Å². The van der Waals surface area contributed by atoms with Gasteiger partial charge in [0.1, 0.15) is 6.61 Å². The molecule has 0 unspecified atom stereocenters. The molecule has 0 aliphatic carbocycles. The second-order valence-corrected chi connectivity index (χ2v) is 6.70. The predicted octanol–water partition coefficient (Wildman–Crippen LogP) is 4.40. The summed E-state index contributed by atoms with van der Waals surface area (Å²) in [5, 5.41) is 0. The lowest BCUT2D eigenvalue weighted by Crippen LogP contribution is -2.14. The normalized spacial score (nSPS) is 10.4. The van der Waals surface area contributed by atoms with E-state index in [1.807, 2.05) is 30.3 Å². The van der Waals surface area contributed by atoms with Gasteiger partial charge in [-0.05, 0) is 45.8 Å². The van der Waals surface area contributed by atoms with Gasteiger partial charge in [0.15, 0.2) is 18.1 Å². The number of aromatic nitrogens is 1. The Hall–Kier alpha value is -3.06. The van der Waals surface area contributed by atoms with Crippen LogP contribution in [0.4, 0.5) is 0 Å². The molecule has 0 saturated carbocycles. The van der Waals surface area contributed by atoms with E-state index in [0.717, 1.165) is 5.56 Å². The predicted molar refractivity (Wildman–Crippen MR) is 107 cm³/mol. The number of halogens is 1. The van der Waals surface area contributed by atoms with Crippen molar-refractivity contribution in [2.75, 3.05) is 13.7 Å². The largest absolute Gasteiger partial charge is 0.493 e. The second kappa shape index (κ2) is 9.23. The van der Waals surface area contributed by atoms with E-state index in [-0.39, 0.29) is 18.0 Å². The van der Waals surface area contributed by atoms with Crippen molar-refractivity contribution in [1.82, 2.24) is 4.98 Å². The van der Waals surface area contributed by atoms with Crippen molar-refractivity contribution in [3.63, 3.8) is 0 Å². The number of H-pyrrole nitrogens is 1. The Labute approximate surface area is 170 Å². The molecule has 0 atom stereocenters. The van der Waals surface area contributed by atoms with Crippen molar-refractivity contribution in [3.8, 4) is 11.5 Å². The Bertz CT molecular complexity index is 954. The number of esters is 1. The van der Waals surface area contributed by atoms with Crippen molar-refractivity contribution < 1.29 is 23.8 Å². The number of ketones is 1. The van der Waals surface area contributed by atoms with Gasteiger partial charge in [0, 0.05) is 6.20 Å². The van der Waals surface area contributed by atoms with Crippen molar-refractivity contribution in [1.29, 1.82) is 0 Å². The van der Waals surface area contributed by atoms with Crippen molar-refractivity contribution in [2.45, 2.75) is 6.61 Å². The first-order chi connectivity index (χ1) is 13.6. The van der Waals surface area contributed by atoms with Gasteiger partial charge < -0.3 is 19.2 Å². The van der Waals surface area contributed by atoms with Crippen LogP contribution in [0, 0.1) is 0 Å². The molecule has 0 saturated heterocycles. The number of aromatic amines is 1. The maximum atomic E-state index is 12.3. The van der Waals surface area contributed by atoms with E-state index >= 15 is 0 Å². The molecule has 0 fully saturated rings. The molecule has 144 valence electrons. The van der Waals surface area contributed by atoms with Crippen LogP contribution in [0.1, 0.15) is 26.4 Å². The number of hydrogen-bond acceptors (Lipinski definition) is 5. The number of hydrogen-bond donors (Lipinski definition) is 1. The molecule has 2 aromatic carbocycles. The molecule has 1 N–H and O–H groups in total. The van der Waals surface area contributed by atoms with Gasteiger partial charge >= 0.3 is 5.97 Å². The van der Waals surface area contributed by atoms with Crippen LogP contribution in [-0.4, -0.2) is 30.5 Å². The highest BCUT2D eigenvalue weighted by atomic mass is 79.9. The Balaban J connectivity index is 1.69. The van der Waals surface area contributed by atoms with E-state index in [1.54, 1.807) is 24.4 Å². The standard InChI is InChI=1S/C21H18BrNO5/c1-26-19-11-15(21(25)28-13-18(24)17-8-5-9-23-17)10-16(22)20(19)27-12-14-6-3-2-4-7-14/h2-11,23H,12-13H2,1H3. The van der Waals surface area contributed by atoms with Crippen molar-refractivity contribution in [2.24, 2.45) is 0 Å². The summed E-state index contributed by atoms with van der Waals surface area (Å²) in [5.74, 6) is -0.0842. The highest BCUT2D eigenvalue weighted by molar-refractivity contribution is 9.10. The number of benzene rings is 2. The highest BCUT2D eigenvalue weighted by Gasteiger charge is 2.18. The molecule has 0 spiro atoms. The topological polar surface area (TPSA) is 77.6 Å². The molecule has 28 heavy (non-hydrogen) atoms. The molecule has 0 bridgehead atoms. The minimum absolute atomic E-state index is 0.245. The van der Waals surface area contributed by atoms with Gasteiger partial charge in [-0.1, -0.05) is 30.3 Å². The van der Waals surface area contributed by atoms with Crippen molar-refractivity contribution in [3.05, 3.63) is 82.1 Å². The summed E-state index contributed by atoms with van der Waals surface area (Å²) in [5.41, 5.74) is 1.63. The first-order valence-corrected chi connectivity index (χ1v) is 9.25. The SMILES string of the molecule is COc1cc(C(=O)OCC(=O)c2ccc[nH]2)cc(Br)c1OCc1ccccc1. The summed E-state index contributed by atoms with van der Waals surface area (Å²) in [7, 11) is 1.49. The number of carbonyl (C=O) groups excluding carboxylic acids is 2. The van der Waals surface area contributed by atoms with E-state index in [0.29, 0.717) is 28.3 Å². The molecule has 3 rings (SSSR count). The first kappa shape index (κ1) is 19.7. The fourth-order valence-corrected chi connectivity index (χ4v) is 3.06. The zero-order chi connectivity index (χ0) is 19.9. The molecule has 0 aliphatic heterocycles. The molecule has 0 amide bonds. The summed E-state index contributed by atoms with van der Waals surface area (Å²) < 4.78 is 16.9. The van der Waals surface area contributed by atoms with Gasteiger partial charge in [0.05, 0.1) is 22.8 Å². The summed E-state index contributed by atoms with van der Waals surface area (Å²) >= 11 is 3.41. The zero-order valence-electron chi connectivity index (χ0n) is 15.1. The number of Topliss-reactive ketones (excluding diaryl/α,β-unsaturated/α-hetero) is 1. The van der Waals surface area contributed by atoms with Crippen LogP contribution in [-0.2, 0) is 11.3 Å². The minimum Gasteiger partial charge on any atom is -0.493 e. The van der Waals surface area contributed by atoms with Crippen LogP contribution < -0.4 is 9.47 Å². The third kappa shape index (κ3) is 4.80. The monoisotopic (exact) mass is 443 g/mol. The third-order valence-electron chi connectivity index (χ3n) is 3.92. The summed E-state index contributed by atoms with van der Waals surface area (Å²) in [6.45, 7) is -0.00418. The number of ether oxygens (including phenoxy) is 3. The third-order valence-corrected chi connectivity index (χ3v) is 4.51. The van der Waals surface area contributed by atoms with E-state index in [2.05, 4.69) is 20.9 Å². The fraction of sp³-hybridized carbons (Fsp3) is 0.143. The van der Waals surface area contributed by atoms with Crippen LogP contribution >= 0.6 is 15.9 Å². The summed E-state index contributed by atoms with van der Waals surface area (Å²) in [6.07, 6.45) is 1.63. The lowest BCUT2D eigenvalue weighted by molar-refractivity contribution is 0.0473.